The Kier molecular flexibility index (Phi) is 5.82. The van der Waals surface area contributed by atoms with E-state index in [1.54, 1.807) is 44.4 Å². The molecular weight excluding hydrogens is 340 g/mol. The monoisotopic (exact) mass is 360 g/mol. The molecule has 0 aromatic heterocycles. The van der Waals surface area contributed by atoms with Gasteiger partial charge in [-0.15, -0.1) is 0 Å². The molecule has 0 aliphatic rings. The molecule has 2 aromatic carbocycles. The number of amides is 1. The number of ether oxygens (including phenoxy) is 1. The van der Waals surface area contributed by atoms with Crippen LogP contribution in [0.4, 0.5) is 11.4 Å². The topological polar surface area (TPSA) is 84.5 Å². The molecule has 0 radical (unpaired) electrons. The van der Waals surface area contributed by atoms with Crippen LogP contribution in [0.15, 0.2) is 48.5 Å². The summed E-state index contributed by atoms with van der Waals surface area (Å²) in [4.78, 5) is 12.1. The Bertz CT molecular complexity index is 905. The van der Waals surface area contributed by atoms with Crippen LogP contribution in [0, 0.1) is 6.92 Å². The number of benzene rings is 2. The molecule has 132 valence electrons. The van der Waals surface area contributed by atoms with Crippen LogP contribution in [0.25, 0.3) is 6.08 Å². The first-order valence-corrected chi connectivity index (χ1v) is 9.38. The molecule has 0 spiro atoms. The first kappa shape index (κ1) is 18.5. The quantitative estimate of drug-likeness (QED) is 0.776. The number of rotatable bonds is 6. The normalized spacial score (nSPS) is 11.3. The van der Waals surface area contributed by atoms with Gasteiger partial charge >= 0.3 is 0 Å². The number of aryl methyl sites for hydroxylation is 1. The second kappa shape index (κ2) is 7.85. The van der Waals surface area contributed by atoms with Crippen molar-refractivity contribution < 1.29 is 17.9 Å². The first-order valence-electron chi connectivity index (χ1n) is 7.49. The summed E-state index contributed by atoms with van der Waals surface area (Å²) >= 11 is 0. The van der Waals surface area contributed by atoms with E-state index in [1.807, 2.05) is 18.2 Å². The minimum Gasteiger partial charge on any atom is -0.496 e. The van der Waals surface area contributed by atoms with Gasteiger partial charge in [0.05, 0.1) is 19.1 Å². The summed E-state index contributed by atoms with van der Waals surface area (Å²) in [6, 6.07) is 12.3. The van der Waals surface area contributed by atoms with Crippen molar-refractivity contribution >= 4 is 33.4 Å². The zero-order valence-corrected chi connectivity index (χ0v) is 15.1. The number of methoxy groups -OCH3 is 1. The molecule has 0 aliphatic carbocycles. The predicted octanol–water partition coefficient (Wildman–Crippen LogP) is 3.03. The number of hydrogen-bond donors (Lipinski definition) is 2. The number of para-hydroxylation sites is 1. The summed E-state index contributed by atoms with van der Waals surface area (Å²) in [5, 5.41) is 2.70. The fourth-order valence-corrected chi connectivity index (χ4v) is 2.78. The average molecular weight is 360 g/mol. The predicted molar refractivity (Wildman–Crippen MR) is 100 cm³/mol. The van der Waals surface area contributed by atoms with E-state index in [1.165, 1.54) is 6.08 Å². The molecule has 7 heteroatoms. The number of carbonyl (C=O) groups excluding carboxylic acids is 1. The smallest absolute Gasteiger partial charge is 0.248 e. The number of carbonyl (C=O) groups is 1. The molecule has 6 nitrogen and oxygen atoms in total. The molecule has 0 fully saturated rings. The van der Waals surface area contributed by atoms with E-state index in [-0.39, 0.29) is 5.91 Å². The van der Waals surface area contributed by atoms with Crippen LogP contribution in [0.1, 0.15) is 11.1 Å². The first-order chi connectivity index (χ1) is 11.8. The van der Waals surface area contributed by atoms with E-state index >= 15 is 0 Å². The van der Waals surface area contributed by atoms with Gasteiger partial charge in [0, 0.05) is 17.3 Å². The van der Waals surface area contributed by atoms with Crippen molar-refractivity contribution in [2.45, 2.75) is 6.92 Å². The summed E-state index contributed by atoms with van der Waals surface area (Å²) in [7, 11) is -1.82. The summed E-state index contributed by atoms with van der Waals surface area (Å²) in [5.74, 6) is 0.335. The SMILES string of the molecule is COc1ccccc1/C=C/C(=O)Nc1ccc(C)c(NS(C)(=O)=O)c1. The Balaban J connectivity index is 2.13. The molecular formula is C18H20N2O4S. The van der Waals surface area contributed by atoms with E-state index < -0.39 is 10.0 Å². The number of sulfonamides is 1. The molecule has 1 amide bonds. The van der Waals surface area contributed by atoms with Gasteiger partial charge in [0.1, 0.15) is 5.75 Å². The zero-order chi connectivity index (χ0) is 18.4. The maximum Gasteiger partial charge on any atom is 0.248 e. The van der Waals surface area contributed by atoms with Gasteiger partial charge in [-0.25, -0.2) is 8.42 Å². The van der Waals surface area contributed by atoms with Crippen molar-refractivity contribution in [1.29, 1.82) is 0 Å². The molecule has 0 unspecified atom stereocenters. The third-order valence-corrected chi connectivity index (χ3v) is 3.94. The fraction of sp³-hybridized carbons (Fsp3) is 0.167. The minimum atomic E-state index is -3.39. The molecule has 0 saturated heterocycles. The summed E-state index contributed by atoms with van der Waals surface area (Å²) in [5.41, 5.74) is 2.46. The van der Waals surface area contributed by atoms with Gasteiger partial charge in [-0.3, -0.25) is 9.52 Å². The highest BCUT2D eigenvalue weighted by atomic mass is 32.2. The van der Waals surface area contributed by atoms with Gasteiger partial charge in [-0.2, -0.15) is 0 Å². The Hall–Kier alpha value is -2.80. The van der Waals surface area contributed by atoms with Crippen LogP contribution in [-0.4, -0.2) is 27.7 Å². The standard InChI is InChI=1S/C18H20N2O4S/c1-13-8-10-15(12-16(13)20-25(3,22)23)19-18(21)11-9-14-6-4-5-7-17(14)24-2/h4-12,20H,1-3H3,(H,19,21)/b11-9+. The third-order valence-electron chi connectivity index (χ3n) is 3.35. The molecule has 2 N–H and O–H groups in total. The van der Waals surface area contributed by atoms with Gasteiger partial charge in [-0.1, -0.05) is 24.3 Å². The third kappa shape index (κ3) is 5.65. The van der Waals surface area contributed by atoms with Gasteiger partial charge in [0.15, 0.2) is 0 Å². The molecule has 2 rings (SSSR count). The average Bonchev–Trinajstić information content (AvgIpc) is 2.55. The van der Waals surface area contributed by atoms with Crippen LogP contribution >= 0.6 is 0 Å². The van der Waals surface area contributed by atoms with Gasteiger partial charge in [0.25, 0.3) is 0 Å². The van der Waals surface area contributed by atoms with E-state index in [2.05, 4.69) is 10.0 Å². The van der Waals surface area contributed by atoms with Gasteiger partial charge < -0.3 is 10.1 Å². The molecule has 25 heavy (non-hydrogen) atoms. The van der Waals surface area contributed by atoms with E-state index in [0.717, 1.165) is 17.4 Å². The van der Waals surface area contributed by atoms with Crippen molar-refractivity contribution in [2.24, 2.45) is 0 Å². The molecule has 0 atom stereocenters. The lowest BCUT2D eigenvalue weighted by molar-refractivity contribution is -0.111. The van der Waals surface area contributed by atoms with E-state index in [9.17, 15) is 13.2 Å². The Morgan fingerprint density at radius 2 is 1.88 bits per heavy atom. The molecule has 0 saturated carbocycles. The molecule has 2 aromatic rings. The fourth-order valence-electron chi connectivity index (χ4n) is 2.16. The van der Waals surface area contributed by atoms with Crippen LogP contribution < -0.4 is 14.8 Å². The highest BCUT2D eigenvalue weighted by Gasteiger charge is 2.07. The van der Waals surface area contributed by atoms with Crippen molar-refractivity contribution in [1.82, 2.24) is 0 Å². The molecule has 0 bridgehead atoms. The number of hydrogen-bond acceptors (Lipinski definition) is 4. The summed E-state index contributed by atoms with van der Waals surface area (Å²) in [6.45, 7) is 1.78. The van der Waals surface area contributed by atoms with Crippen LogP contribution in [0.3, 0.4) is 0 Å². The van der Waals surface area contributed by atoms with Crippen molar-refractivity contribution in [3.63, 3.8) is 0 Å². The highest BCUT2D eigenvalue weighted by molar-refractivity contribution is 7.92. The Morgan fingerprint density at radius 3 is 2.56 bits per heavy atom. The van der Waals surface area contributed by atoms with Gasteiger partial charge in [0.2, 0.25) is 15.9 Å². The largest absolute Gasteiger partial charge is 0.496 e. The van der Waals surface area contributed by atoms with Crippen molar-refractivity contribution in [3.05, 3.63) is 59.7 Å². The lowest BCUT2D eigenvalue weighted by Gasteiger charge is -2.10. The molecule has 0 heterocycles. The van der Waals surface area contributed by atoms with Crippen molar-refractivity contribution in [2.75, 3.05) is 23.4 Å². The second-order valence-corrected chi connectivity index (χ2v) is 7.22. The van der Waals surface area contributed by atoms with Crippen molar-refractivity contribution in [3.8, 4) is 5.75 Å². The highest BCUT2D eigenvalue weighted by Crippen LogP contribution is 2.22. The van der Waals surface area contributed by atoms with Gasteiger partial charge in [-0.05, 0) is 36.8 Å². The number of anilines is 2. The Morgan fingerprint density at radius 1 is 1.16 bits per heavy atom. The maximum atomic E-state index is 12.1. The zero-order valence-electron chi connectivity index (χ0n) is 14.2. The summed E-state index contributed by atoms with van der Waals surface area (Å²) in [6.07, 6.45) is 4.12. The maximum absolute atomic E-state index is 12.1. The second-order valence-electron chi connectivity index (χ2n) is 5.47. The van der Waals surface area contributed by atoms with Crippen LogP contribution in [-0.2, 0) is 14.8 Å². The number of nitrogens with one attached hydrogen (secondary N) is 2. The lowest BCUT2D eigenvalue weighted by Crippen LogP contribution is -2.12. The van der Waals surface area contributed by atoms with E-state index in [4.69, 9.17) is 4.74 Å². The van der Waals surface area contributed by atoms with Crippen LogP contribution in [0.5, 0.6) is 5.75 Å². The summed E-state index contributed by atoms with van der Waals surface area (Å²) < 4.78 is 30.4. The van der Waals surface area contributed by atoms with E-state index in [0.29, 0.717) is 17.1 Å². The molecule has 0 aliphatic heterocycles. The van der Waals surface area contributed by atoms with Crippen LogP contribution in [0.2, 0.25) is 0 Å². The Labute approximate surface area is 147 Å². The lowest BCUT2D eigenvalue weighted by atomic mass is 10.1. The minimum absolute atomic E-state index is 0.333.